The minimum Gasteiger partial charge on any atom is -0.493 e. The van der Waals surface area contributed by atoms with Crippen molar-refractivity contribution in [3.8, 4) is 34.3 Å². The van der Waals surface area contributed by atoms with Crippen molar-refractivity contribution in [3.05, 3.63) is 36.2 Å². The van der Waals surface area contributed by atoms with Crippen molar-refractivity contribution in [3.63, 3.8) is 0 Å². The quantitative estimate of drug-likeness (QED) is 0.707. The average Bonchev–Trinajstić information content (AvgIpc) is 2.65. The van der Waals surface area contributed by atoms with Crippen LogP contribution in [0.4, 0.5) is 0 Å². The minimum absolute atomic E-state index is 0.629. The lowest BCUT2D eigenvalue weighted by Crippen LogP contribution is -1.98. The maximum Gasteiger partial charge on any atom is 0.162 e. The molecule has 6 heteroatoms. The third kappa shape index (κ3) is 3.03. The molecule has 6 nitrogen and oxygen atoms in total. The zero-order chi connectivity index (χ0) is 18.0. The van der Waals surface area contributed by atoms with E-state index in [2.05, 4.69) is 9.97 Å². The van der Waals surface area contributed by atoms with Crippen LogP contribution in [0.25, 0.3) is 22.2 Å². The van der Waals surface area contributed by atoms with Crippen molar-refractivity contribution in [1.82, 2.24) is 9.97 Å². The van der Waals surface area contributed by atoms with E-state index in [0.717, 1.165) is 22.2 Å². The Morgan fingerprint density at radius 2 is 1.28 bits per heavy atom. The molecule has 0 radical (unpaired) electrons. The first kappa shape index (κ1) is 16.8. The van der Waals surface area contributed by atoms with E-state index in [0.29, 0.717) is 28.8 Å². The van der Waals surface area contributed by atoms with Gasteiger partial charge in [-0.2, -0.15) is 0 Å². The molecule has 130 valence electrons. The summed E-state index contributed by atoms with van der Waals surface area (Å²) in [7, 11) is 6.43. The maximum atomic E-state index is 5.42. The van der Waals surface area contributed by atoms with Gasteiger partial charge < -0.3 is 18.9 Å². The standard InChI is InChI=1S/C19H20N2O4/c1-11-20-14-10-18(25-5)17(24-4)9-13(14)19(21-11)12-6-7-15(22-2)16(8-12)23-3/h6-10H,1-5H3. The van der Waals surface area contributed by atoms with Crippen molar-refractivity contribution >= 4 is 10.9 Å². The summed E-state index contributed by atoms with van der Waals surface area (Å²) < 4.78 is 21.5. The molecule has 0 aliphatic carbocycles. The first-order valence-corrected chi connectivity index (χ1v) is 7.74. The van der Waals surface area contributed by atoms with Gasteiger partial charge in [0.1, 0.15) is 5.82 Å². The second-order valence-corrected chi connectivity index (χ2v) is 5.41. The van der Waals surface area contributed by atoms with Crippen LogP contribution >= 0.6 is 0 Å². The van der Waals surface area contributed by atoms with Gasteiger partial charge in [0.2, 0.25) is 0 Å². The van der Waals surface area contributed by atoms with Gasteiger partial charge in [0.05, 0.1) is 39.6 Å². The molecule has 3 aromatic rings. The lowest BCUT2D eigenvalue weighted by molar-refractivity contribution is 0.355. The van der Waals surface area contributed by atoms with Crippen molar-refractivity contribution in [2.45, 2.75) is 6.92 Å². The van der Waals surface area contributed by atoms with E-state index < -0.39 is 0 Å². The van der Waals surface area contributed by atoms with Gasteiger partial charge in [0.25, 0.3) is 0 Å². The largest absolute Gasteiger partial charge is 0.493 e. The summed E-state index contributed by atoms with van der Waals surface area (Å²) in [5.41, 5.74) is 2.49. The lowest BCUT2D eigenvalue weighted by atomic mass is 10.0. The number of benzene rings is 2. The molecule has 3 rings (SSSR count). The van der Waals surface area contributed by atoms with Crippen LogP contribution in [0.15, 0.2) is 30.3 Å². The number of nitrogens with zero attached hydrogens (tertiary/aromatic N) is 2. The number of aryl methyl sites for hydroxylation is 1. The van der Waals surface area contributed by atoms with E-state index in [1.54, 1.807) is 28.4 Å². The van der Waals surface area contributed by atoms with Crippen LogP contribution in [-0.4, -0.2) is 38.4 Å². The summed E-state index contributed by atoms with van der Waals surface area (Å²) >= 11 is 0. The highest BCUT2D eigenvalue weighted by atomic mass is 16.5. The molecule has 2 aromatic carbocycles. The molecule has 25 heavy (non-hydrogen) atoms. The van der Waals surface area contributed by atoms with Crippen molar-refractivity contribution < 1.29 is 18.9 Å². The van der Waals surface area contributed by atoms with Gasteiger partial charge in [-0.15, -0.1) is 0 Å². The summed E-state index contributed by atoms with van der Waals surface area (Å²) in [6.45, 7) is 1.86. The summed E-state index contributed by atoms with van der Waals surface area (Å²) in [6.07, 6.45) is 0. The van der Waals surface area contributed by atoms with Crippen molar-refractivity contribution in [2.24, 2.45) is 0 Å². The average molecular weight is 340 g/mol. The Bertz CT molecular complexity index is 925. The molecule has 0 atom stereocenters. The van der Waals surface area contributed by atoms with Gasteiger partial charge in [-0.1, -0.05) is 0 Å². The van der Waals surface area contributed by atoms with Gasteiger partial charge in [-0.25, -0.2) is 9.97 Å². The second-order valence-electron chi connectivity index (χ2n) is 5.41. The molecule has 0 unspecified atom stereocenters. The fraction of sp³-hybridized carbons (Fsp3) is 0.263. The minimum atomic E-state index is 0.629. The predicted molar refractivity (Wildman–Crippen MR) is 95.9 cm³/mol. The molecule has 0 aliphatic heterocycles. The Kier molecular flexibility index (Phi) is 4.61. The van der Waals surface area contributed by atoms with Crippen molar-refractivity contribution in [1.29, 1.82) is 0 Å². The highest BCUT2D eigenvalue weighted by Crippen LogP contribution is 2.38. The van der Waals surface area contributed by atoms with E-state index >= 15 is 0 Å². The number of rotatable bonds is 5. The number of hydrogen-bond acceptors (Lipinski definition) is 6. The molecule has 0 amide bonds. The number of aromatic nitrogens is 2. The molecule has 0 bridgehead atoms. The third-order valence-corrected chi connectivity index (χ3v) is 3.97. The topological polar surface area (TPSA) is 62.7 Å². The fourth-order valence-electron chi connectivity index (χ4n) is 2.78. The lowest BCUT2D eigenvalue weighted by Gasteiger charge is -2.13. The van der Waals surface area contributed by atoms with Gasteiger partial charge in [0, 0.05) is 17.0 Å². The van der Waals surface area contributed by atoms with Crippen LogP contribution in [-0.2, 0) is 0 Å². The number of methoxy groups -OCH3 is 4. The van der Waals surface area contributed by atoms with Gasteiger partial charge in [-0.3, -0.25) is 0 Å². The van der Waals surface area contributed by atoms with Crippen LogP contribution in [0.5, 0.6) is 23.0 Å². The molecule has 0 spiro atoms. The number of fused-ring (bicyclic) bond motifs is 1. The van der Waals surface area contributed by atoms with Crippen LogP contribution in [0.3, 0.4) is 0 Å². The molecule has 0 fully saturated rings. The number of ether oxygens (including phenoxy) is 4. The van der Waals surface area contributed by atoms with Crippen LogP contribution in [0.2, 0.25) is 0 Å². The Morgan fingerprint density at radius 1 is 0.680 bits per heavy atom. The first-order chi connectivity index (χ1) is 12.1. The highest BCUT2D eigenvalue weighted by molar-refractivity contribution is 5.94. The van der Waals surface area contributed by atoms with E-state index in [4.69, 9.17) is 18.9 Å². The zero-order valence-corrected chi connectivity index (χ0v) is 14.9. The van der Waals surface area contributed by atoms with Gasteiger partial charge in [0.15, 0.2) is 23.0 Å². The van der Waals surface area contributed by atoms with Crippen LogP contribution < -0.4 is 18.9 Å². The monoisotopic (exact) mass is 340 g/mol. The van der Waals surface area contributed by atoms with Gasteiger partial charge >= 0.3 is 0 Å². The SMILES string of the molecule is COc1ccc(-c2nc(C)nc3cc(OC)c(OC)cc23)cc1OC. The van der Waals surface area contributed by atoms with Crippen molar-refractivity contribution in [2.75, 3.05) is 28.4 Å². The van der Waals surface area contributed by atoms with E-state index in [1.165, 1.54) is 0 Å². The maximum absolute atomic E-state index is 5.42. The first-order valence-electron chi connectivity index (χ1n) is 7.74. The molecule has 0 saturated carbocycles. The highest BCUT2D eigenvalue weighted by Gasteiger charge is 2.15. The molecule has 1 heterocycles. The Morgan fingerprint density at radius 3 is 1.92 bits per heavy atom. The van der Waals surface area contributed by atoms with Gasteiger partial charge in [-0.05, 0) is 31.2 Å². The summed E-state index contributed by atoms with van der Waals surface area (Å²) in [5.74, 6) is 3.24. The van der Waals surface area contributed by atoms with Crippen LogP contribution in [0, 0.1) is 6.92 Å². The fourth-order valence-corrected chi connectivity index (χ4v) is 2.78. The normalized spacial score (nSPS) is 10.6. The molecule has 0 N–H and O–H groups in total. The van der Waals surface area contributed by atoms with E-state index in [1.807, 2.05) is 37.3 Å². The smallest absolute Gasteiger partial charge is 0.162 e. The zero-order valence-electron chi connectivity index (χ0n) is 14.9. The third-order valence-electron chi connectivity index (χ3n) is 3.97. The summed E-state index contributed by atoms with van der Waals surface area (Å²) in [6, 6.07) is 9.45. The molecule has 0 saturated heterocycles. The summed E-state index contributed by atoms with van der Waals surface area (Å²) in [5, 5.41) is 0.871. The number of hydrogen-bond donors (Lipinski definition) is 0. The van der Waals surface area contributed by atoms with Crippen LogP contribution in [0.1, 0.15) is 5.82 Å². The molecule has 0 aliphatic rings. The Hall–Kier alpha value is -3.02. The molecule has 1 aromatic heterocycles. The predicted octanol–water partition coefficient (Wildman–Crippen LogP) is 3.64. The summed E-state index contributed by atoms with van der Waals surface area (Å²) in [4.78, 5) is 9.15. The Balaban J connectivity index is 2.28. The molecular formula is C19H20N2O4. The Labute approximate surface area is 146 Å². The second kappa shape index (κ2) is 6.84. The molecular weight excluding hydrogens is 320 g/mol. The van der Waals surface area contributed by atoms with E-state index in [9.17, 15) is 0 Å². The van der Waals surface area contributed by atoms with E-state index in [-0.39, 0.29) is 0 Å².